The Balaban J connectivity index is 2.71. The maximum atomic E-state index is 12.0. The van der Waals surface area contributed by atoms with Crippen LogP contribution in [0.1, 0.15) is 62.1 Å². The number of aliphatic hydroxyl groups is 1. The van der Waals surface area contributed by atoms with Gasteiger partial charge in [-0.15, -0.1) is 0 Å². The Bertz CT molecular complexity index is 409. The third-order valence-corrected chi connectivity index (χ3v) is 3.43. The molecule has 1 aromatic rings. The number of nitrogens with one attached hydrogen (secondary N) is 1. The lowest BCUT2D eigenvalue weighted by molar-refractivity contribution is 0.0944. The van der Waals surface area contributed by atoms with Crippen molar-refractivity contribution in [1.82, 2.24) is 15.1 Å². The molecule has 0 saturated carbocycles. The van der Waals surface area contributed by atoms with Crippen LogP contribution in [0, 0.1) is 6.92 Å². The lowest BCUT2D eigenvalue weighted by atomic mass is 10.1. The summed E-state index contributed by atoms with van der Waals surface area (Å²) in [5, 5.41) is 16.3. The van der Waals surface area contributed by atoms with Gasteiger partial charge >= 0.3 is 0 Å². The van der Waals surface area contributed by atoms with Crippen molar-refractivity contribution < 1.29 is 9.90 Å². The number of hydrogen-bond donors (Lipinski definition) is 2. The molecule has 0 saturated heterocycles. The molecule has 1 amide bonds. The standard InChI is InChI=1S/C14H25N3O2/c1-5-12(6-2)17-11(4)13(9-16-17)14(19)15-8-7-10(3)18/h9-10,12,18H,5-8H2,1-4H3,(H,15,19). The van der Waals surface area contributed by atoms with E-state index in [4.69, 9.17) is 5.11 Å². The quantitative estimate of drug-likeness (QED) is 0.794. The zero-order valence-corrected chi connectivity index (χ0v) is 12.3. The largest absolute Gasteiger partial charge is 0.393 e. The molecule has 2 N–H and O–H groups in total. The average molecular weight is 267 g/mol. The van der Waals surface area contributed by atoms with E-state index in [1.54, 1.807) is 13.1 Å². The summed E-state index contributed by atoms with van der Waals surface area (Å²) in [7, 11) is 0. The van der Waals surface area contributed by atoms with Crippen LogP contribution in [0.25, 0.3) is 0 Å². The van der Waals surface area contributed by atoms with Crippen LogP contribution >= 0.6 is 0 Å². The van der Waals surface area contributed by atoms with Gasteiger partial charge < -0.3 is 10.4 Å². The van der Waals surface area contributed by atoms with Gasteiger partial charge in [0.25, 0.3) is 5.91 Å². The Labute approximate surface area is 115 Å². The summed E-state index contributed by atoms with van der Waals surface area (Å²) < 4.78 is 1.93. The Kier molecular flexibility index (Phi) is 6.02. The lowest BCUT2D eigenvalue weighted by Gasteiger charge is -2.15. The minimum atomic E-state index is -0.395. The molecular weight excluding hydrogens is 242 g/mol. The van der Waals surface area contributed by atoms with E-state index < -0.39 is 6.10 Å². The van der Waals surface area contributed by atoms with Crippen molar-refractivity contribution in [2.24, 2.45) is 0 Å². The summed E-state index contributed by atoms with van der Waals surface area (Å²) in [6.45, 7) is 8.36. The number of nitrogens with zero attached hydrogens (tertiary/aromatic N) is 2. The third kappa shape index (κ3) is 4.06. The summed E-state index contributed by atoms with van der Waals surface area (Å²) in [4.78, 5) is 12.0. The number of amides is 1. The lowest BCUT2D eigenvalue weighted by Crippen LogP contribution is -2.27. The predicted octanol–water partition coefficient (Wildman–Crippen LogP) is 2.05. The maximum Gasteiger partial charge on any atom is 0.254 e. The van der Waals surface area contributed by atoms with E-state index in [0.717, 1.165) is 18.5 Å². The van der Waals surface area contributed by atoms with Crippen molar-refractivity contribution in [2.45, 2.75) is 59.1 Å². The predicted molar refractivity (Wildman–Crippen MR) is 75.2 cm³/mol. The Morgan fingerprint density at radius 1 is 1.47 bits per heavy atom. The number of rotatable bonds is 7. The first-order valence-electron chi connectivity index (χ1n) is 7.01. The zero-order valence-electron chi connectivity index (χ0n) is 12.3. The topological polar surface area (TPSA) is 67.2 Å². The van der Waals surface area contributed by atoms with E-state index >= 15 is 0 Å². The van der Waals surface area contributed by atoms with E-state index in [1.807, 2.05) is 11.6 Å². The van der Waals surface area contributed by atoms with Gasteiger partial charge in [0.1, 0.15) is 0 Å². The maximum absolute atomic E-state index is 12.0. The normalized spacial score (nSPS) is 12.7. The molecule has 0 aromatic carbocycles. The molecule has 0 fully saturated rings. The molecule has 19 heavy (non-hydrogen) atoms. The van der Waals surface area contributed by atoms with E-state index in [-0.39, 0.29) is 5.91 Å². The molecule has 5 nitrogen and oxygen atoms in total. The highest BCUT2D eigenvalue weighted by atomic mass is 16.3. The van der Waals surface area contributed by atoms with E-state index in [0.29, 0.717) is 24.6 Å². The van der Waals surface area contributed by atoms with Crippen LogP contribution in [-0.2, 0) is 0 Å². The number of aromatic nitrogens is 2. The van der Waals surface area contributed by atoms with Gasteiger partial charge in [0, 0.05) is 12.2 Å². The minimum absolute atomic E-state index is 0.115. The molecule has 1 heterocycles. The molecule has 0 aliphatic carbocycles. The minimum Gasteiger partial charge on any atom is -0.393 e. The fourth-order valence-corrected chi connectivity index (χ4v) is 2.14. The van der Waals surface area contributed by atoms with Crippen molar-refractivity contribution in [3.05, 3.63) is 17.5 Å². The number of aliphatic hydroxyl groups excluding tert-OH is 1. The van der Waals surface area contributed by atoms with Gasteiger partial charge in [-0.2, -0.15) is 5.10 Å². The first kappa shape index (κ1) is 15.7. The molecule has 1 aromatic heterocycles. The third-order valence-electron chi connectivity index (χ3n) is 3.43. The molecule has 1 unspecified atom stereocenters. The van der Waals surface area contributed by atoms with Crippen LogP contribution < -0.4 is 5.32 Å². The van der Waals surface area contributed by atoms with Crippen LogP contribution in [0.3, 0.4) is 0 Å². The highest BCUT2D eigenvalue weighted by Gasteiger charge is 2.17. The fraction of sp³-hybridized carbons (Fsp3) is 0.714. The van der Waals surface area contributed by atoms with E-state index in [1.165, 1.54) is 0 Å². The summed E-state index contributed by atoms with van der Waals surface area (Å²) in [6.07, 6.45) is 3.80. The molecule has 1 rings (SSSR count). The molecule has 0 spiro atoms. The van der Waals surface area contributed by atoms with E-state index in [2.05, 4.69) is 24.3 Å². The van der Waals surface area contributed by atoms with Crippen LogP contribution in [0.5, 0.6) is 0 Å². The molecule has 0 aliphatic rings. The number of hydrogen-bond acceptors (Lipinski definition) is 3. The van der Waals surface area contributed by atoms with Crippen molar-refractivity contribution in [1.29, 1.82) is 0 Å². The summed E-state index contributed by atoms with van der Waals surface area (Å²) in [5.74, 6) is -0.115. The van der Waals surface area contributed by atoms with Crippen molar-refractivity contribution in [3.63, 3.8) is 0 Å². The van der Waals surface area contributed by atoms with Gasteiger partial charge in [0.15, 0.2) is 0 Å². The summed E-state index contributed by atoms with van der Waals surface area (Å²) in [5.41, 5.74) is 1.53. The van der Waals surface area contributed by atoms with Gasteiger partial charge in [-0.1, -0.05) is 13.8 Å². The average Bonchev–Trinajstić information content (AvgIpc) is 2.73. The first-order chi connectivity index (χ1) is 9.01. The van der Waals surface area contributed by atoms with Crippen LogP contribution in [0.15, 0.2) is 6.20 Å². The fourth-order valence-electron chi connectivity index (χ4n) is 2.14. The zero-order chi connectivity index (χ0) is 14.4. The van der Waals surface area contributed by atoms with Gasteiger partial charge in [0.2, 0.25) is 0 Å². The van der Waals surface area contributed by atoms with Gasteiger partial charge in [0.05, 0.1) is 23.9 Å². The van der Waals surface area contributed by atoms with Crippen molar-refractivity contribution in [2.75, 3.05) is 6.54 Å². The van der Waals surface area contributed by atoms with Crippen LogP contribution in [0.4, 0.5) is 0 Å². The number of carbonyl (C=O) groups excluding carboxylic acids is 1. The molecule has 5 heteroatoms. The van der Waals surface area contributed by atoms with Gasteiger partial charge in [-0.25, -0.2) is 0 Å². The Morgan fingerprint density at radius 2 is 2.11 bits per heavy atom. The van der Waals surface area contributed by atoms with Gasteiger partial charge in [-0.3, -0.25) is 9.48 Å². The monoisotopic (exact) mass is 267 g/mol. The van der Waals surface area contributed by atoms with Crippen molar-refractivity contribution in [3.8, 4) is 0 Å². The summed E-state index contributed by atoms with van der Waals surface area (Å²) in [6, 6.07) is 0.346. The molecule has 1 atom stereocenters. The second-order valence-corrected chi connectivity index (χ2v) is 4.95. The van der Waals surface area contributed by atoms with E-state index in [9.17, 15) is 4.79 Å². The summed E-state index contributed by atoms with van der Waals surface area (Å²) >= 11 is 0. The van der Waals surface area contributed by atoms with Gasteiger partial charge in [-0.05, 0) is 33.1 Å². The molecule has 0 aliphatic heterocycles. The molecule has 108 valence electrons. The number of carbonyl (C=O) groups is 1. The second kappa shape index (κ2) is 7.28. The molecule has 0 bridgehead atoms. The first-order valence-corrected chi connectivity index (χ1v) is 7.01. The highest BCUT2D eigenvalue weighted by molar-refractivity contribution is 5.95. The smallest absolute Gasteiger partial charge is 0.254 e. The highest BCUT2D eigenvalue weighted by Crippen LogP contribution is 2.19. The van der Waals surface area contributed by atoms with Crippen LogP contribution in [-0.4, -0.2) is 33.4 Å². The second-order valence-electron chi connectivity index (χ2n) is 4.95. The van der Waals surface area contributed by atoms with Crippen LogP contribution in [0.2, 0.25) is 0 Å². The van der Waals surface area contributed by atoms with Crippen molar-refractivity contribution >= 4 is 5.91 Å². The molecule has 0 radical (unpaired) electrons. The Morgan fingerprint density at radius 3 is 2.63 bits per heavy atom. The SMILES string of the molecule is CCC(CC)n1ncc(C(=O)NCCC(C)O)c1C. The Hall–Kier alpha value is -1.36. The molecular formula is C14H25N3O2.